The molecule has 0 spiro atoms. The highest BCUT2D eigenvalue weighted by Crippen LogP contribution is 2.32. The summed E-state index contributed by atoms with van der Waals surface area (Å²) in [5.74, 6) is 0.607. The molecule has 10 heteroatoms. The molecule has 1 atom stereocenters. The quantitative estimate of drug-likeness (QED) is 0.355. The molecule has 1 aliphatic heterocycles. The van der Waals surface area contributed by atoms with Gasteiger partial charge < -0.3 is 25.3 Å². The minimum Gasteiger partial charge on any atom is -0.497 e. The maximum absolute atomic E-state index is 13.8. The zero-order chi connectivity index (χ0) is 26.7. The molecule has 1 aromatic carbocycles. The van der Waals surface area contributed by atoms with Crippen molar-refractivity contribution in [2.45, 2.75) is 45.8 Å². The van der Waals surface area contributed by atoms with Crippen LogP contribution in [0.4, 0.5) is 5.82 Å². The molecule has 3 aromatic rings. The molecular weight excluding hydrogens is 472 g/mol. The number of hydrogen-bond donors (Lipinski definition) is 2. The topological polar surface area (TPSA) is 124 Å². The Labute approximate surface area is 215 Å². The molecule has 10 nitrogen and oxygen atoms in total. The van der Waals surface area contributed by atoms with Gasteiger partial charge in [-0.3, -0.25) is 19.0 Å². The maximum atomic E-state index is 13.8. The fraction of sp³-hybridized carbons (Fsp3) is 0.407. The summed E-state index contributed by atoms with van der Waals surface area (Å²) in [6.07, 6.45) is 5.12. The molecule has 3 heterocycles. The number of amides is 1. The molecule has 0 saturated carbocycles. The lowest BCUT2D eigenvalue weighted by Gasteiger charge is -2.33. The summed E-state index contributed by atoms with van der Waals surface area (Å²) in [6.45, 7) is 5.42. The number of rotatable bonds is 8. The normalized spacial score (nSPS) is 15.5. The van der Waals surface area contributed by atoms with Gasteiger partial charge in [0.2, 0.25) is 0 Å². The Hall–Kier alpha value is -3.92. The number of carbonyl (C=O) groups is 2. The predicted molar refractivity (Wildman–Crippen MR) is 144 cm³/mol. The number of hydrogen-bond acceptors (Lipinski definition) is 7. The molecule has 4 rings (SSSR count). The van der Waals surface area contributed by atoms with Crippen LogP contribution >= 0.6 is 0 Å². The van der Waals surface area contributed by atoms with E-state index < -0.39 is 0 Å². The molecule has 1 amide bonds. The van der Waals surface area contributed by atoms with E-state index in [1.165, 1.54) is 18.0 Å². The first kappa shape index (κ1) is 26.2. The van der Waals surface area contributed by atoms with Crippen LogP contribution in [0.2, 0.25) is 0 Å². The maximum Gasteiger partial charge on any atom is 0.278 e. The van der Waals surface area contributed by atoms with E-state index in [9.17, 15) is 14.4 Å². The average molecular weight is 507 g/mol. The van der Waals surface area contributed by atoms with Gasteiger partial charge in [-0.05, 0) is 38.8 Å². The first-order valence-electron chi connectivity index (χ1n) is 12.4. The SMILES string of the molecule is CNC(=O)c1c(N2CCC[C@@H](N)C2)n(CC=C(C)C)c2c(=O)n(CC(=O)c3cccc(OC)c3)cnc12. The summed E-state index contributed by atoms with van der Waals surface area (Å²) in [6, 6.07) is 6.76. The number of nitrogens with two attached hydrogens (primary N) is 1. The van der Waals surface area contributed by atoms with Crippen molar-refractivity contribution in [1.29, 1.82) is 0 Å². The van der Waals surface area contributed by atoms with E-state index in [1.807, 2.05) is 24.5 Å². The number of allylic oxidation sites excluding steroid dienone is 2. The van der Waals surface area contributed by atoms with E-state index in [-0.39, 0.29) is 35.4 Å². The van der Waals surface area contributed by atoms with Crippen molar-refractivity contribution in [1.82, 2.24) is 19.4 Å². The van der Waals surface area contributed by atoms with Crippen LogP contribution < -0.4 is 26.2 Å². The number of piperidine rings is 1. The number of nitrogens with zero attached hydrogens (tertiary/aromatic N) is 4. The number of benzene rings is 1. The van der Waals surface area contributed by atoms with Gasteiger partial charge in [-0.2, -0.15) is 0 Å². The van der Waals surface area contributed by atoms with Gasteiger partial charge in [0, 0.05) is 38.3 Å². The second-order valence-electron chi connectivity index (χ2n) is 9.55. The van der Waals surface area contributed by atoms with Crippen molar-refractivity contribution in [3.05, 3.63) is 63.7 Å². The van der Waals surface area contributed by atoms with Crippen LogP contribution in [0.5, 0.6) is 5.75 Å². The number of anilines is 1. The Bertz CT molecular complexity index is 1420. The summed E-state index contributed by atoms with van der Waals surface area (Å²) in [4.78, 5) is 46.6. The smallest absolute Gasteiger partial charge is 0.278 e. The summed E-state index contributed by atoms with van der Waals surface area (Å²) in [5, 5.41) is 2.70. The fourth-order valence-corrected chi connectivity index (χ4v) is 4.72. The lowest BCUT2D eigenvalue weighted by atomic mass is 10.1. The zero-order valence-electron chi connectivity index (χ0n) is 21.8. The third kappa shape index (κ3) is 5.29. The number of ether oxygens (including phenoxy) is 1. The molecular formula is C27H34N6O4. The van der Waals surface area contributed by atoms with E-state index in [1.54, 1.807) is 31.3 Å². The van der Waals surface area contributed by atoms with E-state index in [0.717, 1.165) is 18.4 Å². The van der Waals surface area contributed by atoms with Crippen molar-refractivity contribution in [3.8, 4) is 5.75 Å². The van der Waals surface area contributed by atoms with Crippen molar-refractivity contribution >= 4 is 28.5 Å². The van der Waals surface area contributed by atoms with Crippen molar-refractivity contribution in [2.24, 2.45) is 5.73 Å². The van der Waals surface area contributed by atoms with Gasteiger partial charge in [0.05, 0.1) is 20.0 Å². The molecule has 3 N–H and O–H groups in total. The van der Waals surface area contributed by atoms with E-state index in [0.29, 0.717) is 47.8 Å². The second kappa shape index (κ2) is 11.0. The largest absolute Gasteiger partial charge is 0.497 e. The minimum atomic E-state index is -0.388. The van der Waals surface area contributed by atoms with Gasteiger partial charge in [0.15, 0.2) is 5.78 Å². The van der Waals surface area contributed by atoms with Crippen LogP contribution in [0.15, 0.2) is 47.0 Å². The monoisotopic (exact) mass is 506 g/mol. The summed E-state index contributed by atoms with van der Waals surface area (Å²) in [7, 11) is 3.09. The summed E-state index contributed by atoms with van der Waals surface area (Å²) < 4.78 is 8.35. The Morgan fingerprint density at radius 2 is 2.08 bits per heavy atom. The van der Waals surface area contributed by atoms with Gasteiger partial charge in [0.1, 0.15) is 28.2 Å². The number of ketones is 1. The number of fused-ring (bicyclic) bond motifs is 1. The molecule has 0 aliphatic carbocycles. The average Bonchev–Trinajstić information content (AvgIpc) is 3.23. The fourth-order valence-electron chi connectivity index (χ4n) is 4.72. The Morgan fingerprint density at radius 1 is 1.30 bits per heavy atom. The standard InChI is InChI=1S/C27H34N6O4/c1-17(2)10-12-33-24-23(22(25(35)29-3)26(33)31-11-6-8-19(28)14-31)30-16-32(27(24)36)15-21(34)18-7-5-9-20(13-18)37-4/h5,7,9-10,13,16,19H,6,8,11-12,14-15,28H2,1-4H3,(H,29,35)/t19-/m1/s1. The van der Waals surface area contributed by atoms with Crippen LogP contribution in [0.3, 0.4) is 0 Å². The van der Waals surface area contributed by atoms with Crippen molar-refractivity contribution in [3.63, 3.8) is 0 Å². The third-order valence-electron chi connectivity index (χ3n) is 6.60. The van der Waals surface area contributed by atoms with Gasteiger partial charge >= 0.3 is 0 Å². The summed E-state index contributed by atoms with van der Waals surface area (Å²) in [5.41, 5.74) is 8.33. The molecule has 0 bridgehead atoms. The highest BCUT2D eigenvalue weighted by molar-refractivity contribution is 6.10. The van der Waals surface area contributed by atoms with Gasteiger partial charge in [-0.25, -0.2) is 4.98 Å². The van der Waals surface area contributed by atoms with Crippen LogP contribution in [0, 0.1) is 0 Å². The van der Waals surface area contributed by atoms with Gasteiger partial charge in [-0.15, -0.1) is 0 Å². The predicted octanol–water partition coefficient (Wildman–Crippen LogP) is 2.34. The first-order chi connectivity index (χ1) is 17.7. The van der Waals surface area contributed by atoms with Crippen molar-refractivity contribution < 1.29 is 14.3 Å². The number of nitrogens with one attached hydrogen (secondary N) is 1. The molecule has 1 fully saturated rings. The van der Waals surface area contributed by atoms with E-state index in [2.05, 4.69) is 15.2 Å². The van der Waals surface area contributed by atoms with Gasteiger partial charge in [-0.1, -0.05) is 23.8 Å². The van der Waals surface area contributed by atoms with Crippen LogP contribution in [-0.4, -0.2) is 59.1 Å². The summed E-state index contributed by atoms with van der Waals surface area (Å²) >= 11 is 0. The van der Waals surface area contributed by atoms with Crippen molar-refractivity contribution in [2.75, 3.05) is 32.1 Å². The molecule has 1 aliphatic rings. The van der Waals surface area contributed by atoms with Crippen LogP contribution in [0.25, 0.3) is 11.0 Å². The molecule has 0 radical (unpaired) electrons. The first-order valence-corrected chi connectivity index (χ1v) is 12.4. The van der Waals surface area contributed by atoms with E-state index in [4.69, 9.17) is 10.5 Å². The van der Waals surface area contributed by atoms with Crippen LogP contribution in [0.1, 0.15) is 47.4 Å². The molecule has 196 valence electrons. The highest BCUT2D eigenvalue weighted by atomic mass is 16.5. The molecule has 0 unspecified atom stereocenters. The lowest BCUT2D eigenvalue weighted by Crippen LogP contribution is -2.44. The van der Waals surface area contributed by atoms with Crippen LogP contribution in [-0.2, 0) is 13.1 Å². The second-order valence-corrected chi connectivity index (χ2v) is 9.55. The number of methoxy groups -OCH3 is 1. The third-order valence-corrected chi connectivity index (χ3v) is 6.60. The Morgan fingerprint density at radius 3 is 2.76 bits per heavy atom. The number of Topliss-reactive ketones (excluding diaryl/α,β-unsaturated/α-hetero) is 1. The zero-order valence-corrected chi connectivity index (χ0v) is 21.8. The Balaban J connectivity index is 1.89. The Kier molecular flexibility index (Phi) is 7.77. The van der Waals surface area contributed by atoms with Gasteiger partial charge in [0.25, 0.3) is 11.5 Å². The molecule has 37 heavy (non-hydrogen) atoms. The molecule has 2 aromatic heterocycles. The highest BCUT2D eigenvalue weighted by Gasteiger charge is 2.31. The molecule has 1 saturated heterocycles. The number of aromatic nitrogens is 3. The minimum absolute atomic E-state index is 0.0358. The number of carbonyl (C=O) groups excluding carboxylic acids is 2. The lowest BCUT2D eigenvalue weighted by molar-refractivity contribution is 0.0958. The van der Waals surface area contributed by atoms with E-state index >= 15 is 0 Å².